The van der Waals surface area contributed by atoms with Crippen molar-refractivity contribution >= 4 is 23.6 Å². The van der Waals surface area contributed by atoms with E-state index in [4.69, 9.17) is 14.8 Å². The number of likely N-dealkylation sites (tertiary alicyclic amines) is 1. The molecule has 2 aromatic heterocycles. The van der Waals surface area contributed by atoms with Gasteiger partial charge in [-0.05, 0) is 70.4 Å². The standard InChI is InChI=1S/C30H38N6O2/c1-21-19-36-28(32-29(21)34-16-14-22(20-34)18-31-2)17-25(33-36)26-12-7-8-15-35(26)30(37)24-11-5-6-13-27(24)38-23-9-3-4-10-23/h5-6,11,13,17-19,22-23,26H,3-4,7-10,12,14-16,20H2,1-2H3/b31-18-/t22-,26+/m1/s1. The van der Waals surface area contributed by atoms with E-state index in [0.29, 0.717) is 17.2 Å². The maximum absolute atomic E-state index is 13.9. The van der Waals surface area contributed by atoms with Crippen molar-refractivity contribution in [2.45, 2.75) is 70.4 Å². The first-order chi connectivity index (χ1) is 18.6. The van der Waals surface area contributed by atoms with Gasteiger partial charge in [-0.25, -0.2) is 9.50 Å². The summed E-state index contributed by atoms with van der Waals surface area (Å²) in [6.45, 7) is 4.74. The van der Waals surface area contributed by atoms with Crippen LogP contribution in [0.4, 0.5) is 5.82 Å². The van der Waals surface area contributed by atoms with Gasteiger partial charge in [-0.3, -0.25) is 4.79 Å². The molecule has 2 saturated heterocycles. The first kappa shape index (κ1) is 24.9. The molecule has 2 atom stereocenters. The van der Waals surface area contributed by atoms with Gasteiger partial charge in [-0.2, -0.15) is 5.10 Å². The second-order valence-corrected chi connectivity index (χ2v) is 11.1. The number of benzene rings is 1. The normalized spacial score (nSPS) is 22.7. The van der Waals surface area contributed by atoms with Crippen LogP contribution in [0.1, 0.15) is 79.0 Å². The molecule has 8 nitrogen and oxygen atoms in total. The molecule has 3 aliphatic rings. The number of aliphatic imine (C=N–C) groups is 1. The molecule has 1 aromatic carbocycles. The van der Waals surface area contributed by atoms with Gasteiger partial charge >= 0.3 is 0 Å². The number of carbonyl (C=O) groups excluding carboxylic acids is 1. The van der Waals surface area contributed by atoms with Crippen LogP contribution in [0.2, 0.25) is 0 Å². The van der Waals surface area contributed by atoms with Crippen molar-refractivity contribution < 1.29 is 9.53 Å². The van der Waals surface area contributed by atoms with Gasteiger partial charge in [0.1, 0.15) is 11.6 Å². The van der Waals surface area contributed by atoms with Crippen LogP contribution in [0, 0.1) is 12.8 Å². The van der Waals surface area contributed by atoms with Crippen molar-refractivity contribution in [1.82, 2.24) is 19.5 Å². The Morgan fingerprint density at radius 2 is 1.89 bits per heavy atom. The Morgan fingerprint density at radius 1 is 1.08 bits per heavy atom. The van der Waals surface area contributed by atoms with E-state index >= 15 is 0 Å². The molecule has 1 saturated carbocycles. The number of para-hydroxylation sites is 1. The first-order valence-electron chi connectivity index (χ1n) is 14.2. The van der Waals surface area contributed by atoms with Gasteiger partial charge in [0.05, 0.1) is 23.4 Å². The highest BCUT2D eigenvalue weighted by Gasteiger charge is 2.33. The molecule has 0 radical (unpaired) electrons. The summed E-state index contributed by atoms with van der Waals surface area (Å²) < 4.78 is 8.19. The van der Waals surface area contributed by atoms with E-state index in [2.05, 4.69) is 35.3 Å². The van der Waals surface area contributed by atoms with Crippen LogP contribution in [-0.2, 0) is 0 Å². The molecule has 3 fully saturated rings. The Labute approximate surface area is 224 Å². The lowest BCUT2D eigenvalue weighted by Gasteiger charge is -2.35. The second-order valence-electron chi connectivity index (χ2n) is 11.1. The lowest BCUT2D eigenvalue weighted by molar-refractivity contribution is 0.0598. The summed E-state index contributed by atoms with van der Waals surface area (Å²) in [6.07, 6.45) is 12.9. The highest BCUT2D eigenvalue weighted by molar-refractivity contribution is 5.97. The van der Waals surface area contributed by atoms with Crippen LogP contribution in [0.5, 0.6) is 5.75 Å². The number of hydrogen-bond acceptors (Lipinski definition) is 6. The molecule has 38 heavy (non-hydrogen) atoms. The van der Waals surface area contributed by atoms with E-state index in [1.54, 1.807) is 0 Å². The molecule has 0 spiro atoms. The van der Waals surface area contributed by atoms with Crippen molar-refractivity contribution in [2.75, 3.05) is 31.6 Å². The molecule has 4 heterocycles. The molecule has 200 valence electrons. The number of piperidine rings is 1. The predicted octanol–water partition coefficient (Wildman–Crippen LogP) is 5.25. The number of hydrogen-bond donors (Lipinski definition) is 0. The SMILES string of the molecule is C/N=C\[C@H]1CCN(c2nc3cc([C@@H]4CCCCN4C(=O)c4ccccc4OC4CCCC4)nn3cc2C)C1. The molecule has 3 aromatic rings. The zero-order valence-electron chi connectivity index (χ0n) is 22.6. The van der Waals surface area contributed by atoms with E-state index in [1.807, 2.05) is 40.7 Å². The van der Waals surface area contributed by atoms with Gasteiger partial charge in [-0.15, -0.1) is 0 Å². The quantitative estimate of drug-likeness (QED) is 0.420. The lowest BCUT2D eigenvalue weighted by Crippen LogP contribution is -2.39. The minimum Gasteiger partial charge on any atom is -0.490 e. The highest BCUT2D eigenvalue weighted by atomic mass is 16.5. The van der Waals surface area contributed by atoms with Crippen molar-refractivity contribution in [3.63, 3.8) is 0 Å². The maximum atomic E-state index is 13.9. The Bertz CT molecular complexity index is 1330. The Balaban J connectivity index is 1.27. The van der Waals surface area contributed by atoms with E-state index < -0.39 is 0 Å². The molecule has 0 N–H and O–H groups in total. The van der Waals surface area contributed by atoms with E-state index in [0.717, 1.165) is 80.9 Å². The molecule has 0 bridgehead atoms. The second kappa shape index (κ2) is 10.8. The molecule has 1 amide bonds. The third-order valence-electron chi connectivity index (χ3n) is 8.33. The summed E-state index contributed by atoms with van der Waals surface area (Å²) in [7, 11) is 1.84. The van der Waals surface area contributed by atoms with Gasteiger partial charge in [-0.1, -0.05) is 12.1 Å². The number of fused-ring (bicyclic) bond motifs is 1. The van der Waals surface area contributed by atoms with Gasteiger partial charge < -0.3 is 19.5 Å². The Morgan fingerprint density at radius 3 is 2.74 bits per heavy atom. The van der Waals surface area contributed by atoms with Crippen LogP contribution in [0.3, 0.4) is 0 Å². The summed E-state index contributed by atoms with van der Waals surface area (Å²) in [5.74, 6) is 2.24. The van der Waals surface area contributed by atoms with Crippen LogP contribution in [0.25, 0.3) is 5.65 Å². The van der Waals surface area contributed by atoms with Gasteiger partial charge in [0, 0.05) is 56.6 Å². The molecule has 8 heteroatoms. The van der Waals surface area contributed by atoms with Crippen LogP contribution >= 0.6 is 0 Å². The number of ether oxygens (including phenoxy) is 1. The summed E-state index contributed by atoms with van der Waals surface area (Å²) in [5, 5.41) is 4.93. The van der Waals surface area contributed by atoms with Crippen LogP contribution in [-0.4, -0.2) is 64.4 Å². The highest BCUT2D eigenvalue weighted by Crippen LogP contribution is 2.35. The molecule has 2 aliphatic heterocycles. The number of nitrogens with zero attached hydrogens (tertiary/aromatic N) is 6. The lowest BCUT2D eigenvalue weighted by atomic mass is 9.98. The number of rotatable bonds is 6. The Kier molecular flexibility index (Phi) is 7.04. The zero-order valence-corrected chi connectivity index (χ0v) is 22.6. The summed E-state index contributed by atoms with van der Waals surface area (Å²) in [5.41, 5.74) is 3.51. The predicted molar refractivity (Wildman–Crippen MR) is 149 cm³/mol. The molecular formula is C30H38N6O2. The van der Waals surface area contributed by atoms with Crippen molar-refractivity contribution in [3.05, 3.63) is 53.3 Å². The largest absolute Gasteiger partial charge is 0.490 e. The topological polar surface area (TPSA) is 75.3 Å². The third-order valence-corrected chi connectivity index (χ3v) is 8.33. The monoisotopic (exact) mass is 514 g/mol. The fourth-order valence-electron chi connectivity index (χ4n) is 6.38. The average molecular weight is 515 g/mol. The third kappa shape index (κ3) is 4.88. The van der Waals surface area contributed by atoms with Gasteiger partial charge in [0.25, 0.3) is 5.91 Å². The fraction of sp³-hybridized carbons (Fsp3) is 0.533. The van der Waals surface area contributed by atoms with Crippen molar-refractivity contribution in [3.8, 4) is 5.75 Å². The van der Waals surface area contributed by atoms with Crippen molar-refractivity contribution in [1.29, 1.82) is 0 Å². The molecule has 6 rings (SSSR count). The first-order valence-corrected chi connectivity index (χ1v) is 14.2. The Hall–Kier alpha value is -3.42. The minimum absolute atomic E-state index is 0.0332. The van der Waals surface area contributed by atoms with E-state index in [-0.39, 0.29) is 18.1 Å². The van der Waals surface area contributed by atoms with E-state index in [9.17, 15) is 4.79 Å². The number of aromatic nitrogens is 3. The fourth-order valence-corrected chi connectivity index (χ4v) is 6.38. The minimum atomic E-state index is -0.0711. The molecule has 1 aliphatic carbocycles. The van der Waals surface area contributed by atoms with Crippen molar-refractivity contribution in [2.24, 2.45) is 10.9 Å². The zero-order chi connectivity index (χ0) is 26.1. The number of carbonyl (C=O) groups is 1. The average Bonchev–Trinajstić information content (AvgIpc) is 3.70. The van der Waals surface area contributed by atoms with Crippen LogP contribution < -0.4 is 9.64 Å². The van der Waals surface area contributed by atoms with Gasteiger partial charge in [0.2, 0.25) is 0 Å². The summed E-state index contributed by atoms with van der Waals surface area (Å²) >= 11 is 0. The number of aryl methyl sites for hydroxylation is 1. The van der Waals surface area contributed by atoms with Crippen LogP contribution in [0.15, 0.2) is 41.5 Å². The molecule has 0 unspecified atom stereocenters. The van der Waals surface area contributed by atoms with E-state index in [1.165, 1.54) is 12.8 Å². The summed E-state index contributed by atoms with van der Waals surface area (Å²) in [4.78, 5) is 27.5. The van der Waals surface area contributed by atoms with Gasteiger partial charge in [0.15, 0.2) is 5.65 Å². The number of anilines is 1. The molecular weight excluding hydrogens is 476 g/mol. The summed E-state index contributed by atoms with van der Waals surface area (Å²) in [6, 6.07) is 9.74. The number of amides is 1. The smallest absolute Gasteiger partial charge is 0.258 e. The maximum Gasteiger partial charge on any atom is 0.258 e.